The Bertz CT molecular complexity index is 945. The molecular weight excluding hydrogens is 362 g/mol. The Morgan fingerprint density at radius 2 is 1.70 bits per heavy atom. The van der Waals surface area contributed by atoms with E-state index < -0.39 is 0 Å². The molecule has 0 saturated carbocycles. The van der Waals surface area contributed by atoms with Crippen molar-refractivity contribution in [2.24, 2.45) is 0 Å². The summed E-state index contributed by atoms with van der Waals surface area (Å²) in [4.78, 5) is 28.3. The number of carbonyl (C=O) groups is 2. The van der Waals surface area contributed by atoms with E-state index in [1.807, 2.05) is 24.3 Å². The van der Waals surface area contributed by atoms with Gasteiger partial charge in [-0.25, -0.2) is 0 Å². The Morgan fingerprint density at radius 1 is 0.926 bits per heavy atom. The largest absolute Gasteiger partial charge is 0.326 e. The third-order valence-electron chi connectivity index (χ3n) is 3.91. The summed E-state index contributed by atoms with van der Waals surface area (Å²) in [5, 5.41) is 6.29. The lowest BCUT2D eigenvalue weighted by Gasteiger charge is -2.09. The maximum absolute atomic E-state index is 12.2. The molecule has 0 aliphatic rings. The van der Waals surface area contributed by atoms with Crippen molar-refractivity contribution < 1.29 is 9.59 Å². The number of aromatic nitrogens is 1. The molecule has 2 amide bonds. The highest BCUT2D eigenvalue weighted by molar-refractivity contribution is 6.31. The molecule has 2 aromatic carbocycles. The first-order valence-corrected chi connectivity index (χ1v) is 8.84. The predicted molar refractivity (Wildman–Crippen MR) is 107 cm³/mol. The molecule has 0 spiro atoms. The number of carbonyl (C=O) groups excluding carboxylic acids is 2. The minimum atomic E-state index is -0.259. The lowest BCUT2D eigenvalue weighted by molar-refractivity contribution is -0.116. The SMILES string of the molecule is O=C(CCc1ccccc1Cl)Nc1cccc(NC(=O)c2cccnc2)c1. The molecule has 0 aliphatic heterocycles. The molecule has 0 fully saturated rings. The summed E-state index contributed by atoms with van der Waals surface area (Å²) < 4.78 is 0. The lowest BCUT2D eigenvalue weighted by Crippen LogP contribution is -2.14. The second-order valence-electron chi connectivity index (χ2n) is 5.92. The number of benzene rings is 2. The van der Waals surface area contributed by atoms with Crippen molar-refractivity contribution >= 4 is 34.8 Å². The molecule has 6 heteroatoms. The van der Waals surface area contributed by atoms with Gasteiger partial charge in [-0.2, -0.15) is 0 Å². The molecule has 136 valence electrons. The van der Waals surface area contributed by atoms with Crippen LogP contribution in [0.1, 0.15) is 22.3 Å². The maximum atomic E-state index is 12.2. The van der Waals surface area contributed by atoms with Crippen molar-refractivity contribution in [1.29, 1.82) is 0 Å². The highest BCUT2D eigenvalue weighted by atomic mass is 35.5. The van der Waals surface area contributed by atoms with E-state index in [1.54, 1.807) is 42.6 Å². The van der Waals surface area contributed by atoms with Gasteiger partial charge in [-0.15, -0.1) is 0 Å². The molecule has 27 heavy (non-hydrogen) atoms. The quantitative estimate of drug-likeness (QED) is 0.659. The average molecular weight is 380 g/mol. The van der Waals surface area contributed by atoms with E-state index >= 15 is 0 Å². The van der Waals surface area contributed by atoms with Crippen molar-refractivity contribution in [2.45, 2.75) is 12.8 Å². The summed E-state index contributed by atoms with van der Waals surface area (Å²) in [5.74, 6) is -0.379. The van der Waals surface area contributed by atoms with Crippen LogP contribution in [0.2, 0.25) is 5.02 Å². The number of hydrogen-bond acceptors (Lipinski definition) is 3. The lowest BCUT2D eigenvalue weighted by atomic mass is 10.1. The molecule has 0 atom stereocenters. The monoisotopic (exact) mass is 379 g/mol. The van der Waals surface area contributed by atoms with Gasteiger partial charge in [0.1, 0.15) is 0 Å². The molecule has 0 aliphatic carbocycles. The van der Waals surface area contributed by atoms with Crippen LogP contribution < -0.4 is 10.6 Å². The van der Waals surface area contributed by atoms with Gasteiger partial charge in [-0.1, -0.05) is 35.9 Å². The minimum Gasteiger partial charge on any atom is -0.326 e. The number of hydrogen-bond donors (Lipinski definition) is 2. The Kier molecular flexibility index (Phi) is 6.18. The fraction of sp³-hybridized carbons (Fsp3) is 0.0952. The molecule has 0 bridgehead atoms. The summed E-state index contributed by atoms with van der Waals surface area (Å²) in [6.07, 6.45) is 3.98. The molecule has 3 rings (SSSR count). The van der Waals surface area contributed by atoms with Crippen LogP contribution in [0.5, 0.6) is 0 Å². The van der Waals surface area contributed by atoms with E-state index in [9.17, 15) is 9.59 Å². The molecule has 1 heterocycles. The van der Waals surface area contributed by atoms with Crippen LogP contribution in [0.25, 0.3) is 0 Å². The van der Waals surface area contributed by atoms with Crippen molar-refractivity contribution in [3.63, 3.8) is 0 Å². The second-order valence-corrected chi connectivity index (χ2v) is 6.32. The number of nitrogens with one attached hydrogen (secondary N) is 2. The summed E-state index contributed by atoms with van der Waals surface area (Å²) in [6.45, 7) is 0. The highest BCUT2D eigenvalue weighted by Gasteiger charge is 2.08. The molecule has 0 radical (unpaired) electrons. The van der Waals surface area contributed by atoms with E-state index in [2.05, 4.69) is 15.6 Å². The van der Waals surface area contributed by atoms with Gasteiger partial charge in [0.2, 0.25) is 5.91 Å². The fourth-order valence-corrected chi connectivity index (χ4v) is 2.78. The number of rotatable bonds is 6. The summed E-state index contributed by atoms with van der Waals surface area (Å²) >= 11 is 6.11. The van der Waals surface area contributed by atoms with Gasteiger partial charge in [0, 0.05) is 35.2 Å². The van der Waals surface area contributed by atoms with E-state index in [1.165, 1.54) is 6.20 Å². The zero-order chi connectivity index (χ0) is 19.1. The molecule has 2 N–H and O–H groups in total. The number of amides is 2. The summed E-state index contributed by atoms with van der Waals surface area (Å²) in [5.41, 5.74) is 2.61. The van der Waals surface area contributed by atoms with Gasteiger partial charge in [-0.05, 0) is 48.4 Å². The van der Waals surface area contributed by atoms with Gasteiger partial charge >= 0.3 is 0 Å². The van der Waals surface area contributed by atoms with Crippen molar-refractivity contribution in [3.05, 3.63) is 89.2 Å². The van der Waals surface area contributed by atoms with Crippen molar-refractivity contribution in [2.75, 3.05) is 10.6 Å². The van der Waals surface area contributed by atoms with Gasteiger partial charge in [0.15, 0.2) is 0 Å². The zero-order valence-corrected chi connectivity index (χ0v) is 15.2. The fourth-order valence-electron chi connectivity index (χ4n) is 2.55. The smallest absolute Gasteiger partial charge is 0.257 e. The Morgan fingerprint density at radius 3 is 2.44 bits per heavy atom. The number of pyridine rings is 1. The number of aryl methyl sites for hydroxylation is 1. The van der Waals surface area contributed by atoms with Gasteiger partial charge in [0.05, 0.1) is 5.56 Å². The Balaban J connectivity index is 1.58. The first-order chi connectivity index (χ1) is 13.1. The molecule has 1 aromatic heterocycles. The molecular formula is C21H18ClN3O2. The number of halogens is 1. The van der Waals surface area contributed by atoms with Crippen LogP contribution in [0.3, 0.4) is 0 Å². The molecule has 5 nitrogen and oxygen atoms in total. The van der Waals surface area contributed by atoms with Crippen LogP contribution in [-0.2, 0) is 11.2 Å². The van der Waals surface area contributed by atoms with Crippen LogP contribution >= 0.6 is 11.6 Å². The van der Waals surface area contributed by atoms with Crippen molar-refractivity contribution in [3.8, 4) is 0 Å². The summed E-state index contributed by atoms with van der Waals surface area (Å²) in [7, 11) is 0. The highest BCUT2D eigenvalue weighted by Crippen LogP contribution is 2.19. The van der Waals surface area contributed by atoms with E-state index in [0.29, 0.717) is 34.8 Å². The third kappa shape index (κ3) is 5.39. The van der Waals surface area contributed by atoms with E-state index in [0.717, 1.165) is 5.56 Å². The van der Waals surface area contributed by atoms with Crippen LogP contribution in [0.4, 0.5) is 11.4 Å². The third-order valence-corrected chi connectivity index (χ3v) is 4.28. The summed E-state index contributed by atoms with van der Waals surface area (Å²) in [6, 6.07) is 17.9. The molecule has 0 unspecified atom stereocenters. The van der Waals surface area contributed by atoms with Gasteiger partial charge < -0.3 is 10.6 Å². The normalized spacial score (nSPS) is 10.3. The topological polar surface area (TPSA) is 71.1 Å². The first kappa shape index (κ1) is 18.6. The standard InChI is InChI=1S/C21H18ClN3O2/c22-19-9-2-1-5-15(19)10-11-20(26)24-17-7-3-8-18(13-17)25-21(27)16-6-4-12-23-14-16/h1-9,12-14H,10-11H2,(H,24,26)(H,25,27). The average Bonchev–Trinajstić information content (AvgIpc) is 2.68. The Hall–Kier alpha value is -3.18. The van der Waals surface area contributed by atoms with E-state index in [-0.39, 0.29) is 11.8 Å². The van der Waals surface area contributed by atoms with Crippen LogP contribution in [0.15, 0.2) is 73.1 Å². The van der Waals surface area contributed by atoms with Gasteiger partial charge in [0.25, 0.3) is 5.91 Å². The maximum Gasteiger partial charge on any atom is 0.257 e. The first-order valence-electron chi connectivity index (χ1n) is 8.46. The van der Waals surface area contributed by atoms with Crippen LogP contribution in [-0.4, -0.2) is 16.8 Å². The predicted octanol–water partition coefficient (Wildman–Crippen LogP) is 4.56. The van der Waals surface area contributed by atoms with E-state index in [4.69, 9.17) is 11.6 Å². The van der Waals surface area contributed by atoms with Crippen LogP contribution in [0, 0.1) is 0 Å². The Labute approximate surface area is 162 Å². The minimum absolute atomic E-state index is 0.120. The second kappa shape index (κ2) is 8.96. The van der Waals surface area contributed by atoms with Crippen molar-refractivity contribution in [1.82, 2.24) is 4.98 Å². The molecule has 3 aromatic rings. The number of nitrogens with zero attached hydrogens (tertiary/aromatic N) is 1. The molecule has 0 saturated heterocycles. The number of anilines is 2. The zero-order valence-electron chi connectivity index (χ0n) is 14.5. The van der Waals surface area contributed by atoms with Gasteiger partial charge in [-0.3, -0.25) is 14.6 Å².